The predicted molar refractivity (Wildman–Crippen MR) is 80.6 cm³/mol. The number of ether oxygens (including phenoxy) is 2. The van der Waals surface area contributed by atoms with Crippen LogP contribution in [0.15, 0.2) is 0 Å². The minimum absolute atomic E-state index is 0.0549. The molecule has 3 heteroatoms. The summed E-state index contributed by atoms with van der Waals surface area (Å²) in [5, 5.41) is 3.31. The Morgan fingerprint density at radius 1 is 1.21 bits per heavy atom. The minimum Gasteiger partial charge on any atom is -0.376 e. The topological polar surface area (TPSA) is 30.5 Å². The van der Waals surface area contributed by atoms with Crippen LogP contribution in [0.25, 0.3) is 0 Å². The normalized spacial score (nSPS) is 27.9. The molecule has 19 heavy (non-hydrogen) atoms. The number of hydrogen-bond donors (Lipinski definition) is 1. The monoisotopic (exact) mass is 271 g/mol. The molecule has 0 unspecified atom stereocenters. The molecule has 0 spiro atoms. The van der Waals surface area contributed by atoms with Crippen molar-refractivity contribution in [3.63, 3.8) is 0 Å². The van der Waals surface area contributed by atoms with Gasteiger partial charge in [-0.15, -0.1) is 0 Å². The molecular formula is C16H33NO2. The van der Waals surface area contributed by atoms with Gasteiger partial charge in [0.1, 0.15) is 0 Å². The van der Waals surface area contributed by atoms with E-state index in [0.29, 0.717) is 12.7 Å². The van der Waals surface area contributed by atoms with Crippen LogP contribution in [-0.2, 0) is 9.47 Å². The van der Waals surface area contributed by atoms with Gasteiger partial charge in [-0.1, -0.05) is 19.8 Å². The fourth-order valence-corrected chi connectivity index (χ4v) is 3.14. The summed E-state index contributed by atoms with van der Waals surface area (Å²) in [6.45, 7) is 8.82. The smallest absolute Gasteiger partial charge is 0.0807 e. The molecular weight excluding hydrogens is 238 g/mol. The van der Waals surface area contributed by atoms with E-state index in [1.54, 1.807) is 0 Å². The SMILES string of the molecule is CCCC1CCC(CNC)(OCCOC(C)C)CC1. The third-order valence-corrected chi connectivity index (χ3v) is 4.16. The minimum atomic E-state index is 0.0549. The highest BCUT2D eigenvalue weighted by atomic mass is 16.5. The summed E-state index contributed by atoms with van der Waals surface area (Å²) >= 11 is 0. The van der Waals surface area contributed by atoms with Crippen LogP contribution in [0.3, 0.4) is 0 Å². The van der Waals surface area contributed by atoms with Gasteiger partial charge in [0.15, 0.2) is 0 Å². The average molecular weight is 271 g/mol. The van der Waals surface area contributed by atoms with Crippen LogP contribution in [0.2, 0.25) is 0 Å². The second-order valence-electron chi connectivity index (χ2n) is 6.21. The summed E-state index contributed by atoms with van der Waals surface area (Å²) in [7, 11) is 2.02. The van der Waals surface area contributed by atoms with Crippen molar-refractivity contribution in [3.8, 4) is 0 Å². The lowest BCUT2D eigenvalue weighted by atomic mass is 9.77. The zero-order valence-corrected chi connectivity index (χ0v) is 13.3. The van der Waals surface area contributed by atoms with E-state index in [0.717, 1.165) is 19.1 Å². The maximum Gasteiger partial charge on any atom is 0.0807 e. The quantitative estimate of drug-likeness (QED) is 0.652. The Balaban J connectivity index is 2.34. The number of hydrogen-bond acceptors (Lipinski definition) is 3. The summed E-state index contributed by atoms with van der Waals surface area (Å²) in [5.74, 6) is 0.922. The Bertz CT molecular complexity index is 223. The molecule has 0 amide bonds. The van der Waals surface area contributed by atoms with E-state index in [9.17, 15) is 0 Å². The highest BCUT2D eigenvalue weighted by Crippen LogP contribution is 2.36. The molecule has 0 heterocycles. The van der Waals surface area contributed by atoms with Crippen LogP contribution in [0.4, 0.5) is 0 Å². The van der Waals surface area contributed by atoms with Crippen molar-refractivity contribution in [2.75, 3.05) is 26.8 Å². The van der Waals surface area contributed by atoms with E-state index in [1.807, 2.05) is 7.05 Å². The first-order chi connectivity index (χ1) is 9.12. The first-order valence-electron chi connectivity index (χ1n) is 8.02. The van der Waals surface area contributed by atoms with E-state index in [2.05, 4.69) is 26.1 Å². The third-order valence-electron chi connectivity index (χ3n) is 4.16. The second-order valence-corrected chi connectivity index (χ2v) is 6.21. The molecule has 1 fully saturated rings. The van der Waals surface area contributed by atoms with Crippen molar-refractivity contribution in [1.29, 1.82) is 0 Å². The van der Waals surface area contributed by atoms with Crippen molar-refractivity contribution in [2.24, 2.45) is 5.92 Å². The van der Waals surface area contributed by atoms with E-state index < -0.39 is 0 Å². The molecule has 0 bridgehead atoms. The molecule has 0 aromatic rings. The lowest BCUT2D eigenvalue weighted by Gasteiger charge is -2.40. The highest BCUT2D eigenvalue weighted by Gasteiger charge is 2.35. The van der Waals surface area contributed by atoms with Gasteiger partial charge in [0.2, 0.25) is 0 Å². The second kappa shape index (κ2) is 8.93. The number of nitrogens with one attached hydrogen (secondary N) is 1. The predicted octanol–water partition coefficient (Wildman–Crippen LogP) is 3.38. The standard InChI is InChI=1S/C16H33NO2/c1-5-6-15-7-9-16(10-8-15,13-17-4)19-12-11-18-14(2)3/h14-15,17H,5-13H2,1-4H3. The molecule has 0 aliphatic heterocycles. The van der Waals surface area contributed by atoms with Crippen molar-refractivity contribution < 1.29 is 9.47 Å². The fraction of sp³-hybridized carbons (Fsp3) is 1.00. The van der Waals surface area contributed by atoms with Crippen LogP contribution >= 0.6 is 0 Å². The van der Waals surface area contributed by atoms with Gasteiger partial charge in [-0.05, 0) is 52.5 Å². The van der Waals surface area contributed by atoms with Gasteiger partial charge in [0, 0.05) is 6.54 Å². The lowest BCUT2D eigenvalue weighted by molar-refractivity contribution is -0.0971. The van der Waals surface area contributed by atoms with Crippen molar-refractivity contribution in [1.82, 2.24) is 5.32 Å². The number of rotatable bonds is 9. The Morgan fingerprint density at radius 3 is 2.42 bits per heavy atom. The molecule has 114 valence electrons. The van der Waals surface area contributed by atoms with E-state index >= 15 is 0 Å². The van der Waals surface area contributed by atoms with Gasteiger partial charge in [-0.25, -0.2) is 0 Å². The van der Waals surface area contributed by atoms with Crippen LogP contribution in [0, 0.1) is 5.92 Å². The van der Waals surface area contributed by atoms with Crippen LogP contribution < -0.4 is 5.32 Å². The number of likely N-dealkylation sites (N-methyl/N-ethyl adjacent to an activating group) is 1. The summed E-state index contributed by atoms with van der Waals surface area (Å²) in [6, 6.07) is 0. The van der Waals surface area contributed by atoms with Crippen LogP contribution in [-0.4, -0.2) is 38.5 Å². The molecule has 1 N–H and O–H groups in total. The van der Waals surface area contributed by atoms with Gasteiger partial charge in [0.05, 0.1) is 24.9 Å². The molecule has 1 rings (SSSR count). The summed E-state index contributed by atoms with van der Waals surface area (Å²) in [6.07, 6.45) is 8.02. The molecule has 1 saturated carbocycles. The molecule has 0 atom stereocenters. The van der Waals surface area contributed by atoms with E-state index in [-0.39, 0.29) is 5.60 Å². The van der Waals surface area contributed by atoms with Crippen LogP contribution in [0.5, 0.6) is 0 Å². The third kappa shape index (κ3) is 6.24. The summed E-state index contributed by atoms with van der Waals surface area (Å²) < 4.78 is 11.8. The highest BCUT2D eigenvalue weighted by molar-refractivity contribution is 4.89. The fourth-order valence-electron chi connectivity index (χ4n) is 3.14. The summed E-state index contributed by atoms with van der Waals surface area (Å²) in [5.41, 5.74) is 0.0549. The largest absolute Gasteiger partial charge is 0.376 e. The maximum absolute atomic E-state index is 6.20. The molecule has 0 aromatic heterocycles. The molecule has 1 aliphatic rings. The van der Waals surface area contributed by atoms with Gasteiger partial charge in [-0.3, -0.25) is 0 Å². The first-order valence-corrected chi connectivity index (χ1v) is 8.02. The Hall–Kier alpha value is -0.120. The molecule has 3 nitrogen and oxygen atoms in total. The summed E-state index contributed by atoms with van der Waals surface area (Å²) in [4.78, 5) is 0. The zero-order valence-electron chi connectivity index (χ0n) is 13.3. The molecule has 0 saturated heterocycles. The Morgan fingerprint density at radius 2 is 1.89 bits per heavy atom. The van der Waals surface area contributed by atoms with E-state index in [4.69, 9.17) is 9.47 Å². The van der Waals surface area contributed by atoms with Gasteiger partial charge in [-0.2, -0.15) is 0 Å². The van der Waals surface area contributed by atoms with Gasteiger partial charge in [0.25, 0.3) is 0 Å². The molecule has 0 radical (unpaired) electrons. The van der Waals surface area contributed by atoms with Crippen molar-refractivity contribution in [2.45, 2.75) is 71.0 Å². The average Bonchev–Trinajstić information content (AvgIpc) is 2.38. The molecule has 1 aliphatic carbocycles. The lowest BCUT2D eigenvalue weighted by Crippen LogP contribution is -2.45. The van der Waals surface area contributed by atoms with Crippen molar-refractivity contribution in [3.05, 3.63) is 0 Å². The van der Waals surface area contributed by atoms with Gasteiger partial charge < -0.3 is 14.8 Å². The maximum atomic E-state index is 6.20. The zero-order chi connectivity index (χ0) is 14.1. The molecule has 0 aromatic carbocycles. The van der Waals surface area contributed by atoms with Gasteiger partial charge >= 0.3 is 0 Å². The van der Waals surface area contributed by atoms with E-state index in [1.165, 1.54) is 38.5 Å². The Labute approximate surface area is 119 Å². The Kier molecular flexibility index (Phi) is 7.96. The van der Waals surface area contributed by atoms with Crippen molar-refractivity contribution >= 4 is 0 Å². The van der Waals surface area contributed by atoms with Crippen LogP contribution in [0.1, 0.15) is 59.3 Å². The first kappa shape index (κ1) is 16.9.